The highest BCUT2D eigenvalue weighted by molar-refractivity contribution is 9.10. The van der Waals surface area contributed by atoms with Crippen LogP contribution in [0.2, 0.25) is 5.02 Å². The SMILES string of the molecule is OC(Cc1ccc(Br)cc1Cl)Cc1c(F)cccc1F. The molecule has 1 unspecified atom stereocenters. The molecule has 0 aliphatic rings. The molecule has 1 atom stereocenters. The molecule has 0 bridgehead atoms. The Morgan fingerprint density at radius 3 is 2.35 bits per heavy atom. The van der Waals surface area contributed by atoms with Crippen LogP contribution in [0.25, 0.3) is 0 Å². The summed E-state index contributed by atoms with van der Waals surface area (Å²) in [7, 11) is 0. The highest BCUT2D eigenvalue weighted by atomic mass is 79.9. The number of halogens is 4. The number of benzene rings is 2. The molecule has 0 radical (unpaired) electrons. The fourth-order valence-corrected chi connectivity index (χ4v) is 2.73. The Morgan fingerprint density at radius 1 is 1.10 bits per heavy atom. The van der Waals surface area contributed by atoms with E-state index in [0.29, 0.717) is 5.02 Å². The van der Waals surface area contributed by atoms with E-state index in [9.17, 15) is 13.9 Å². The van der Waals surface area contributed by atoms with Crippen molar-refractivity contribution in [3.8, 4) is 0 Å². The summed E-state index contributed by atoms with van der Waals surface area (Å²) in [6, 6.07) is 8.94. The first kappa shape index (κ1) is 15.4. The van der Waals surface area contributed by atoms with Crippen LogP contribution < -0.4 is 0 Å². The van der Waals surface area contributed by atoms with Gasteiger partial charge < -0.3 is 5.11 Å². The van der Waals surface area contributed by atoms with Gasteiger partial charge in [-0.15, -0.1) is 0 Å². The van der Waals surface area contributed by atoms with Gasteiger partial charge in [0.05, 0.1) is 6.10 Å². The smallest absolute Gasteiger partial charge is 0.129 e. The minimum Gasteiger partial charge on any atom is -0.392 e. The van der Waals surface area contributed by atoms with E-state index in [1.165, 1.54) is 18.2 Å². The van der Waals surface area contributed by atoms with E-state index < -0.39 is 17.7 Å². The third-order valence-electron chi connectivity index (χ3n) is 2.97. The highest BCUT2D eigenvalue weighted by Gasteiger charge is 2.15. The van der Waals surface area contributed by atoms with Crippen LogP contribution in [0.4, 0.5) is 8.78 Å². The van der Waals surface area contributed by atoms with Gasteiger partial charge in [-0.1, -0.05) is 39.7 Å². The Labute approximate surface area is 129 Å². The second-order valence-corrected chi connectivity index (χ2v) is 5.82. The fourth-order valence-electron chi connectivity index (χ4n) is 1.98. The van der Waals surface area contributed by atoms with Gasteiger partial charge in [-0.2, -0.15) is 0 Å². The fraction of sp³-hybridized carbons (Fsp3) is 0.200. The molecule has 0 saturated carbocycles. The molecule has 0 fully saturated rings. The van der Waals surface area contributed by atoms with E-state index in [1.807, 2.05) is 0 Å². The Kier molecular flexibility index (Phi) is 5.13. The summed E-state index contributed by atoms with van der Waals surface area (Å²) in [6.45, 7) is 0. The maximum absolute atomic E-state index is 13.5. The molecule has 1 N–H and O–H groups in total. The van der Waals surface area contributed by atoms with Gasteiger partial charge in [0.2, 0.25) is 0 Å². The summed E-state index contributed by atoms with van der Waals surface area (Å²) < 4.78 is 27.8. The van der Waals surface area contributed by atoms with Crippen molar-refractivity contribution >= 4 is 27.5 Å². The van der Waals surface area contributed by atoms with Crippen molar-refractivity contribution in [2.45, 2.75) is 18.9 Å². The van der Waals surface area contributed by atoms with Gasteiger partial charge in [0.1, 0.15) is 11.6 Å². The lowest BCUT2D eigenvalue weighted by molar-refractivity contribution is 0.172. The minimum absolute atomic E-state index is 0.0924. The number of hydrogen-bond donors (Lipinski definition) is 1. The summed E-state index contributed by atoms with van der Waals surface area (Å²) >= 11 is 9.34. The molecule has 2 rings (SSSR count). The predicted octanol–water partition coefficient (Wildman–Crippen LogP) is 4.53. The zero-order valence-electron chi connectivity index (χ0n) is 10.4. The van der Waals surface area contributed by atoms with E-state index in [-0.39, 0.29) is 18.4 Å². The maximum atomic E-state index is 13.5. The normalized spacial score (nSPS) is 12.4. The van der Waals surface area contributed by atoms with Crippen molar-refractivity contribution in [1.82, 2.24) is 0 Å². The van der Waals surface area contributed by atoms with Gasteiger partial charge in [-0.05, 0) is 29.8 Å². The summed E-state index contributed by atoms with van der Waals surface area (Å²) in [5.41, 5.74) is 0.632. The molecule has 20 heavy (non-hydrogen) atoms. The van der Waals surface area contributed by atoms with Gasteiger partial charge in [0.15, 0.2) is 0 Å². The average Bonchev–Trinajstić information content (AvgIpc) is 2.37. The lowest BCUT2D eigenvalue weighted by atomic mass is 10.0. The Hall–Kier alpha value is -0.970. The summed E-state index contributed by atoms with van der Waals surface area (Å²) in [6.07, 6.45) is -0.759. The van der Waals surface area contributed by atoms with Crippen molar-refractivity contribution in [2.75, 3.05) is 0 Å². The molecule has 2 aromatic rings. The van der Waals surface area contributed by atoms with E-state index in [2.05, 4.69) is 15.9 Å². The quantitative estimate of drug-likeness (QED) is 0.848. The summed E-state index contributed by atoms with van der Waals surface area (Å²) in [4.78, 5) is 0. The molecular formula is C15H12BrClF2O. The standard InChI is InChI=1S/C15H12BrClF2O/c16-10-5-4-9(13(17)7-10)6-11(20)8-12-14(18)2-1-3-15(12)19/h1-5,7,11,20H,6,8H2. The molecule has 0 amide bonds. The zero-order valence-corrected chi connectivity index (χ0v) is 12.8. The Bertz CT molecular complexity index is 599. The van der Waals surface area contributed by atoms with Crippen LogP contribution in [0.3, 0.4) is 0 Å². The first-order valence-corrected chi connectivity index (χ1v) is 7.19. The topological polar surface area (TPSA) is 20.2 Å². The second kappa shape index (κ2) is 6.66. The Balaban J connectivity index is 2.11. The summed E-state index contributed by atoms with van der Waals surface area (Å²) in [5.74, 6) is -1.29. The maximum Gasteiger partial charge on any atom is 0.129 e. The third kappa shape index (κ3) is 3.78. The van der Waals surface area contributed by atoms with Crippen LogP contribution in [-0.2, 0) is 12.8 Å². The average molecular weight is 362 g/mol. The van der Waals surface area contributed by atoms with Crippen LogP contribution in [0.15, 0.2) is 40.9 Å². The number of aliphatic hydroxyl groups excluding tert-OH is 1. The number of rotatable bonds is 4. The third-order valence-corrected chi connectivity index (χ3v) is 3.82. The van der Waals surface area contributed by atoms with Gasteiger partial charge in [0, 0.05) is 27.9 Å². The van der Waals surface area contributed by atoms with Crippen LogP contribution >= 0.6 is 27.5 Å². The summed E-state index contributed by atoms with van der Waals surface area (Å²) in [5, 5.41) is 10.5. The van der Waals surface area contributed by atoms with Crippen molar-refractivity contribution in [3.05, 3.63) is 68.7 Å². The zero-order chi connectivity index (χ0) is 14.7. The van der Waals surface area contributed by atoms with Crippen LogP contribution in [0.5, 0.6) is 0 Å². The molecule has 0 aliphatic carbocycles. The molecule has 106 valence electrons. The van der Waals surface area contributed by atoms with Crippen molar-refractivity contribution < 1.29 is 13.9 Å². The monoisotopic (exact) mass is 360 g/mol. The van der Waals surface area contributed by atoms with E-state index in [4.69, 9.17) is 11.6 Å². The van der Waals surface area contributed by atoms with Crippen molar-refractivity contribution in [3.63, 3.8) is 0 Å². The lowest BCUT2D eigenvalue weighted by Gasteiger charge is -2.13. The van der Waals surface area contributed by atoms with E-state index in [0.717, 1.165) is 10.0 Å². The Morgan fingerprint density at radius 2 is 1.75 bits per heavy atom. The largest absolute Gasteiger partial charge is 0.392 e. The molecule has 0 aliphatic heterocycles. The second-order valence-electron chi connectivity index (χ2n) is 4.50. The molecule has 0 saturated heterocycles. The first-order valence-electron chi connectivity index (χ1n) is 6.02. The first-order chi connectivity index (χ1) is 9.47. The number of hydrogen-bond acceptors (Lipinski definition) is 1. The van der Waals surface area contributed by atoms with Crippen LogP contribution in [-0.4, -0.2) is 11.2 Å². The van der Waals surface area contributed by atoms with E-state index >= 15 is 0 Å². The van der Waals surface area contributed by atoms with Gasteiger partial charge >= 0.3 is 0 Å². The van der Waals surface area contributed by atoms with E-state index in [1.54, 1.807) is 18.2 Å². The minimum atomic E-state index is -0.903. The predicted molar refractivity (Wildman–Crippen MR) is 78.9 cm³/mol. The van der Waals surface area contributed by atoms with Crippen LogP contribution in [0.1, 0.15) is 11.1 Å². The molecular weight excluding hydrogens is 350 g/mol. The lowest BCUT2D eigenvalue weighted by Crippen LogP contribution is -2.16. The molecule has 2 aromatic carbocycles. The molecule has 0 spiro atoms. The van der Waals surface area contributed by atoms with Gasteiger partial charge in [-0.3, -0.25) is 0 Å². The highest BCUT2D eigenvalue weighted by Crippen LogP contribution is 2.23. The molecule has 1 nitrogen and oxygen atoms in total. The molecule has 0 heterocycles. The van der Waals surface area contributed by atoms with Crippen molar-refractivity contribution in [1.29, 1.82) is 0 Å². The van der Waals surface area contributed by atoms with Gasteiger partial charge in [-0.25, -0.2) is 8.78 Å². The molecule has 0 aromatic heterocycles. The number of aliphatic hydroxyl groups is 1. The van der Waals surface area contributed by atoms with Crippen molar-refractivity contribution in [2.24, 2.45) is 0 Å². The van der Waals surface area contributed by atoms with Gasteiger partial charge in [0.25, 0.3) is 0 Å². The molecule has 5 heteroatoms. The van der Waals surface area contributed by atoms with Crippen LogP contribution in [0, 0.1) is 11.6 Å².